The van der Waals surface area contributed by atoms with E-state index in [2.05, 4.69) is 0 Å². The molecule has 378 valence electrons. The van der Waals surface area contributed by atoms with Gasteiger partial charge < -0.3 is 28.4 Å². The molecule has 0 saturated heterocycles. The van der Waals surface area contributed by atoms with E-state index in [-0.39, 0.29) is 33.8 Å². The number of benzene rings is 10. The summed E-state index contributed by atoms with van der Waals surface area (Å²) in [6.07, 6.45) is 0. The highest BCUT2D eigenvalue weighted by Gasteiger charge is 2.39. The van der Waals surface area contributed by atoms with E-state index in [1.807, 2.05) is 135 Å². The Hall–Kier alpha value is -10.7. The molecule has 0 aromatic heterocycles. The highest BCUT2D eigenvalue weighted by atomic mass is 16.5. The van der Waals surface area contributed by atoms with E-state index in [0.717, 1.165) is 49.3 Å². The van der Waals surface area contributed by atoms with Crippen LogP contribution < -0.4 is 38.2 Å². The molecule has 10 aromatic rings. The van der Waals surface area contributed by atoms with Gasteiger partial charge in [-0.1, -0.05) is 60.2 Å². The van der Waals surface area contributed by atoms with Crippen molar-refractivity contribution < 1.29 is 47.6 Å². The number of hydrogen-bond acceptors (Lipinski definition) is 10. The van der Waals surface area contributed by atoms with Crippen LogP contribution in [0.3, 0.4) is 0 Å². The number of anilines is 2. The maximum atomic E-state index is 13.9. The lowest BCUT2D eigenvalue weighted by Crippen LogP contribution is -2.29. The Morgan fingerprint density at radius 2 is 0.551 bits per heavy atom. The molecule has 4 amide bonds. The first-order valence-corrected chi connectivity index (χ1v) is 24.9. The van der Waals surface area contributed by atoms with Crippen LogP contribution in [0.25, 0.3) is 11.1 Å². The summed E-state index contributed by atoms with van der Waals surface area (Å²) in [4.78, 5) is 57.3. The fourth-order valence-corrected chi connectivity index (χ4v) is 9.07. The van der Waals surface area contributed by atoms with Gasteiger partial charge in [-0.2, -0.15) is 0 Å². The predicted molar refractivity (Wildman–Crippen MR) is 296 cm³/mol. The van der Waals surface area contributed by atoms with Crippen LogP contribution in [0.15, 0.2) is 231 Å². The van der Waals surface area contributed by atoms with E-state index in [1.165, 1.54) is 24.3 Å². The van der Waals surface area contributed by atoms with Gasteiger partial charge in [-0.3, -0.25) is 19.2 Å². The maximum absolute atomic E-state index is 13.9. The molecule has 0 aliphatic carbocycles. The second-order valence-electron chi connectivity index (χ2n) is 18.5. The Morgan fingerprint density at radius 3 is 0.987 bits per heavy atom. The molecule has 0 spiro atoms. The van der Waals surface area contributed by atoms with Crippen LogP contribution in [-0.2, 0) is 0 Å². The molecule has 12 rings (SSSR count). The summed E-state index contributed by atoms with van der Waals surface area (Å²) in [5.74, 6) is 4.73. The van der Waals surface area contributed by atoms with Gasteiger partial charge in [0.2, 0.25) is 0 Å². The lowest BCUT2D eigenvalue weighted by molar-refractivity contribution is 0.0910. The molecule has 2 aliphatic rings. The number of carbonyl (C=O) groups is 4. The summed E-state index contributed by atoms with van der Waals surface area (Å²) < 4.78 is 36.3. The predicted octanol–water partition coefficient (Wildman–Crippen LogP) is 16.3. The Balaban J connectivity index is 0.652. The number of carbonyl (C=O) groups excluding carboxylic acids is 4. The van der Waals surface area contributed by atoms with Crippen molar-refractivity contribution in [2.24, 2.45) is 0 Å². The smallest absolute Gasteiger partial charge is 0.266 e. The molecule has 12 nitrogen and oxygen atoms in total. The number of amides is 4. The molecule has 0 bridgehead atoms. The van der Waals surface area contributed by atoms with Gasteiger partial charge >= 0.3 is 0 Å². The normalized spacial score (nSPS) is 12.5. The van der Waals surface area contributed by atoms with E-state index >= 15 is 0 Å². The number of ether oxygens (including phenoxy) is 6. The van der Waals surface area contributed by atoms with E-state index in [9.17, 15) is 19.2 Å². The zero-order valence-electron chi connectivity index (χ0n) is 41.9. The van der Waals surface area contributed by atoms with Crippen LogP contribution in [0.2, 0.25) is 0 Å². The van der Waals surface area contributed by atoms with E-state index in [0.29, 0.717) is 51.6 Å². The van der Waals surface area contributed by atoms with Gasteiger partial charge in [0.1, 0.15) is 69.0 Å². The quantitative estimate of drug-likeness (QED) is 0.0915. The fraction of sp³-hybridized carbons (Fsp3) is 0.0303. The number of hydrogen-bond donors (Lipinski definition) is 0. The van der Waals surface area contributed by atoms with Crippen molar-refractivity contribution in [3.05, 3.63) is 264 Å². The second kappa shape index (κ2) is 20.5. The molecule has 0 fully saturated rings. The lowest BCUT2D eigenvalue weighted by Gasteiger charge is -2.15. The summed E-state index contributed by atoms with van der Waals surface area (Å²) in [5.41, 5.74) is 5.68. The minimum atomic E-state index is -0.537. The van der Waals surface area contributed by atoms with Gasteiger partial charge in [0.25, 0.3) is 23.6 Å². The first kappa shape index (κ1) is 48.2. The summed E-state index contributed by atoms with van der Waals surface area (Å²) in [5, 5.41) is 0. The van der Waals surface area contributed by atoms with E-state index < -0.39 is 23.6 Å². The van der Waals surface area contributed by atoms with Gasteiger partial charge in [0, 0.05) is 6.07 Å². The van der Waals surface area contributed by atoms with Crippen molar-refractivity contribution >= 4 is 35.0 Å². The number of imide groups is 2. The molecule has 0 radical (unpaired) electrons. The molecule has 0 saturated carbocycles. The molecule has 12 heteroatoms. The summed E-state index contributed by atoms with van der Waals surface area (Å²) >= 11 is 0. The molecule has 2 heterocycles. The van der Waals surface area contributed by atoms with Crippen LogP contribution in [-0.4, -0.2) is 23.6 Å². The molecule has 0 unspecified atom stereocenters. The monoisotopic (exact) mass is 1020 g/mol. The third-order valence-corrected chi connectivity index (χ3v) is 13.0. The third-order valence-electron chi connectivity index (χ3n) is 13.0. The van der Waals surface area contributed by atoms with Crippen molar-refractivity contribution in [2.75, 3.05) is 9.80 Å². The summed E-state index contributed by atoms with van der Waals surface area (Å²) in [7, 11) is 0. The van der Waals surface area contributed by atoms with Crippen molar-refractivity contribution in [3.63, 3.8) is 0 Å². The van der Waals surface area contributed by atoms with Gasteiger partial charge in [0.15, 0.2) is 0 Å². The van der Waals surface area contributed by atoms with Gasteiger partial charge in [-0.05, 0) is 200 Å². The SMILES string of the molecule is Cc1ccc(Oc2ccc(Oc3ccc(Oc4ccc(N5C(=O)c6ccc(Oc7ccc8c(c7)C(=O)N(c7cccc(Oc9ccc(-c%10ccc(Oc%11cccc(C)c%11)cc%10)cc9)c7)C8=O)cc6C5=O)cc4)cc3)cc2)cc1. The Kier molecular flexibility index (Phi) is 12.7. The number of fused-ring (bicyclic) bond motifs is 2. The number of rotatable bonds is 15. The fourth-order valence-electron chi connectivity index (χ4n) is 9.07. The Labute approximate surface area is 448 Å². The minimum absolute atomic E-state index is 0.147. The number of aryl methyl sites for hydroxylation is 2. The Morgan fingerprint density at radius 1 is 0.244 bits per heavy atom. The summed E-state index contributed by atoms with van der Waals surface area (Å²) in [6.45, 7) is 4.05. The van der Waals surface area contributed by atoms with Crippen LogP contribution in [0.5, 0.6) is 69.0 Å². The standard InChI is InChI=1S/C66H44N2O10/c1-41-9-17-47(18-10-41)73-51-25-29-53(30-26-51)75-54-31-27-52(28-32-54)74-50-23-15-45(16-24-50)67-63(69)59-35-33-57(39-61(59)65(67)71)78-58-34-36-60-62(40-58)66(72)68(64(60)70)46-6-4-8-56(38-46)77-49-21-13-44(14-22-49)43-11-19-48(20-12-43)76-55-7-3-5-42(2)37-55/h3-40H,1-2H3. The highest BCUT2D eigenvalue weighted by Crippen LogP contribution is 2.38. The van der Waals surface area contributed by atoms with Crippen molar-refractivity contribution in [1.82, 2.24) is 0 Å². The minimum Gasteiger partial charge on any atom is -0.457 e. The van der Waals surface area contributed by atoms with E-state index in [4.69, 9.17) is 28.4 Å². The average molecular weight is 1030 g/mol. The first-order valence-electron chi connectivity index (χ1n) is 24.9. The van der Waals surface area contributed by atoms with Gasteiger partial charge in [-0.15, -0.1) is 0 Å². The Bertz CT molecular complexity index is 3930. The molecule has 10 aromatic carbocycles. The second-order valence-corrected chi connectivity index (χ2v) is 18.5. The molecular formula is C66H44N2O10. The topological polar surface area (TPSA) is 130 Å². The van der Waals surface area contributed by atoms with Crippen LogP contribution >= 0.6 is 0 Å². The van der Waals surface area contributed by atoms with Crippen LogP contribution in [0.1, 0.15) is 52.6 Å². The first-order chi connectivity index (χ1) is 38.0. The number of nitrogens with zero attached hydrogens (tertiary/aromatic N) is 2. The van der Waals surface area contributed by atoms with Crippen LogP contribution in [0.4, 0.5) is 11.4 Å². The lowest BCUT2D eigenvalue weighted by atomic mass is 10.1. The van der Waals surface area contributed by atoms with Gasteiger partial charge in [0.05, 0.1) is 33.6 Å². The zero-order valence-corrected chi connectivity index (χ0v) is 41.9. The van der Waals surface area contributed by atoms with Crippen molar-refractivity contribution in [2.45, 2.75) is 13.8 Å². The average Bonchev–Trinajstić information content (AvgIpc) is 4.10. The van der Waals surface area contributed by atoms with Crippen LogP contribution in [0, 0.1) is 13.8 Å². The summed E-state index contributed by atoms with van der Waals surface area (Å²) in [6, 6.07) is 68.3. The van der Waals surface area contributed by atoms with Gasteiger partial charge in [-0.25, -0.2) is 9.80 Å². The van der Waals surface area contributed by atoms with Crippen molar-refractivity contribution in [1.29, 1.82) is 0 Å². The maximum Gasteiger partial charge on any atom is 0.266 e. The zero-order chi connectivity index (χ0) is 53.3. The third kappa shape index (κ3) is 10.1. The molecule has 0 N–H and O–H groups in total. The molecular weight excluding hydrogens is 981 g/mol. The highest BCUT2D eigenvalue weighted by molar-refractivity contribution is 6.35. The van der Waals surface area contributed by atoms with E-state index in [1.54, 1.807) is 84.9 Å². The molecule has 0 atom stereocenters. The molecule has 78 heavy (non-hydrogen) atoms. The van der Waals surface area contributed by atoms with Crippen molar-refractivity contribution in [3.8, 4) is 80.1 Å². The largest absolute Gasteiger partial charge is 0.457 e. The molecule has 2 aliphatic heterocycles.